The van der Waals surface area contributed by atoms with E-state index in [2.05, 4.69) is 179 Å². The highest BCUT2D eigenvalue weighted by Gasteiger charge is 2.19. The number of furan rings is 1. The van der Waals surface area contributed by atoms with E-state index >= 15 is 0 Å². The van der Waals surface area contributed by atoms with Crippen LogP contribution in [0.25, 0.3) is 80.7 Å². The van der Waals surface area contributed by atoms with Crippen molar-refractivity contribution in [1.82, 2.24) is 4.57 Å². The minimum atomic E-state index is 0.905. The smallest absolute Gasteiger partial charge is 0.135 e. The standard InChI is InChI=1S/C48H30N2OS/c1-2-11-33(12-3-1)49(44-18-10-16-39-38-15-6-9-20-47(38)52-48(39)44)34-24-21-31(22-25-34)32-23-27-43-40(29-32)36-13-4-7-17-42(36)50(43)35-26-28-46-41(30-35)37-14-5-8-19-45(37)51-46/h1-30H. The maximum absolute atomic E-state index is 6.16. The number of aromatic nitrogens is 1. The minimum absolute atomic E-state index is 0.905. The molecule has 0 aliphatic heterocycles. The average molecular weight is 683 g/mol. The first-order chi connectivity index (χ1) is 25.8. The summed E-state index contributed by atoms with van der Waals surface area (Å²) in [4.78, 5) is 2.39. The number of anilines is 3. The molecule has 0 spiro atoms. The molecule has 4 heteroatoms. The lowest BCUT2D eigenvalue weighted by atomic mass is 10.0. The Bertz CT molecular complexity index is 3130. The average Bonchev–Trinajstić information content (AvgIpc) is 3.88. The lowest BCUT2D eigenvalue weighted by molar-refractivity contribution is 0.669. The zero-order valence-electron chi connectivity index (χ0n) is 28.0. The number of nitrogens with zero attached hydrogens (tertiary/aromatic N) is 2. The van der Waals surface area contributed by atoms with Crippen molar-refractivity contribution in [1.29, 1.82) is 0 Å². The van der Waals surface area contributed by atoms with Crippen LogP contribution in [0, 0.1) is 0 Å². The van der Waals surface area contributed by atoms with E-state index in [4.69, 9.17) is 4.42 Å². The molecule has 0 aliphatic carbocycles. The number of fused-ring (bicyclic) bond motifs is 9. The first-order valence-corrected chi connectivity index (χ1v) is 18.4. The molecule has 8 aromatic carbocycles. The van der Waals surface area contributed by atoms with E-state index in [1.54, 1.807) is 0 Å². The van der Waals surface area contributed by atoms with Gasteiger partial charge in [0, 0.05) is 54.1 Å². The molecule has 3 heterocycles. The van der Waals surface area contributed by atoms with Crippen molar-refractivity contribution in [3.63, 3.8) is 0 Å². The fourth-order valence-corrected chi connectivity index (χ4v) is 9.21. The van der Waals surface area contributed by atoms with Gasteiger partial charge in [-0.2, -0.15) is 0 Å². The van der Waals surface area contributed by atoms with Crippen LogP contribution in [-0.4, -0.2) is 4.57 Å². The fourth-order valence-electron chi connectivity index (χ4n) is 8.00. The Kier molecular flexibility index (Phi) is 6.42. The van der Waals surface area contributed by atoms with Gasteiger partial charge in [-0.25, -0.2) is 0 Å². The van der Waals surface area contributed by atoms with Crippen molar-refractivity contribution >= 4 is 92.3 Å². The van der Waals surface area contributed by atoms with Crippen LogP contribution in [0.2, 0.25) is 0 Å². The van der Waals surface area contributed by atoms with E-state index in [1.165, 1.54) is 58.8 Å². The monoisotopic (exact) mass is 682 g/mol. The predicted molar refractivity (Wildman–Crippen MR) is 221 cm³/mol. The molecule has 0 N–H and O–H groups in total. The molecule has 11 rings (SSSR count). The van der Waals surface area contributed by atoms with Gasteiger partial charge in [-0.15, -0.1) is 11.3 Å². The van der Waals surface area contributed by atoms with E-state index in [0.717, 1.165) is 39.0 Å². The largest absolute Gasteiger partial charge is 0.456 e. The van der Waals surface area contributed by atoms with Crippen LogP contribution >= 0.6 is 11.3 Å². The van der Waals surface area contributed by atoms with E-state index in [-0.39, 0.29) is 0 Å². The molecule has 3 nitrogen and oxygen atoms in total. The summed E-state index contributed by atoms with van der Waals surface area (Å²) in [6.07, 6.45) is 0. The maximum atomic E-state index is 6.16. The van der Waals surface area contributed by atoms with Gasteiger partial charge in [-0.05, 0) is 90.0 Å². The number of para-hydroxylation sites is 3. The Labute approximate surface area is 303 Å². The van der Waals surface area contributed by atoms with Crippen molar-refractivity contribution in [3.05, 3.63) is 182 Å². The Morgan fingerprint density at radius 3 is 1.98 bits per heavy atom. The van der Waals surface area contributed by atoms with E-state index in [0.29, 0.717) is 0 Å². The molecule has 244 valence electrons. The zero-order chi connectivity index (χ0) is 34.2. The molecular formula is C48H30N2OS. The Morgan fingerprint density at radius 1 is 0.423 bits per heavy atom. The molecule has 0 radical (unpaired) electrons. The summed E-state index contributed by atoms with van der Waals surface area (Å²) >= 11 is 1.86. The van der Waals surface area contributed by atoms with Crippen molar-refractivity contribution in [2.45, 2.75) is 0 Å². The summed E-state index contributed by atoms with van der Waals surface area (Å²) in [5.74, 6) is 0. The van der Waals surface area contributed by atoms with Gasteiger partial charge in [0.05, 0.1) is 21.4 Å². The van der Waals surface area contributed by atoms with Crippen molar-refractivity contribution in [3.8, 4) is 16.8 Å². The molecule has 0 fully saturated rings. The van der Waals surface area contributed by atoms with E-state index in [9.17, 15) is 0 Å². The van der Waals surface area contributed by atoms with Gasteiger partial charge in [0.2, 0.25) is 0 Å². The SMILES string of the molecule is c1ccc(N(c2ccc(-c3ccc4c(c3)c3ccccc3n4-c3ccc4oc5ccccc5c4c3)cc2)c2cccc3c2sc2ccccc23)cc1. The second-order valence-electron chi connectivity index (χ2n) is 13.3. The normalized spacial score (nSPS) is 11.8. The van der Waals surface area contributed by atoms with Crippen LogP contribution in [0.15, 0.2) is 186 Å². The topological polar surface area (TPSA) is 21.3 Å². The van der Waals surface area contributed by atoms with Crippen LogP contribution in [-0.2, 0) is 0 Å². The third-order valence-electron chi connectivity index (χ3n) is 10.4. The van der Waals surface area contributed by atoms with Crippen LogP contribution < -0.4 is 4.90 Å². The second-order valence-corrected chi connectivity index (χ2v) is 14.4. The summed E-state index contributed by atoms with van der Waals surface area (Å²) in [7, 11) is 0. The third kappa shape index (κ3) is 4.45. The Balaban J connectivity index is 1.03. The molecule has 3 aromatic heterocycles. The summed E-state index contributed by atoms with van der Waals surface area (Å²) in [5, 5.41) is 7.33. The highest BCUT2D eigenvalue weighted by molar-refractivity contribution is 7.26. The van der Waals surface area contributed by atoms with Crippen molar-refractivity contribution in [2.75, 3.05) is 4.90 Å². The van der Waals surface area contributed by atoms with Gasteiger partial charge in [0.25, 0.3) is 0 Å². The van der Waals surface area contributed by atoms with Gasteiger partial charge in [-0.3, -0.25) is 0 Å². The van der Waals surface area contributed by atoms with Crippen LogP contribution in [0.3, 0.4) is 0 Å². The van der Waals surface area contributed by atoms with Crippen LogP contribution in [0.1, 0.15) is 0 Å². The van der Waals surface area contributed by atoms with Crippen molar-refractivity contribution < 1.29 is 4.42 Å². The number of benzene rings is 8. The number of hydrogen-bond donors (Lipinski definition) is 0. The maximum Gasteiger partial charge on any atom is 0.135 e. The summed E-state index contributed by atoms with van der Waals surface area (Å²) in [5.41, 5.74) is 11.1. The zero-order valence-corrected chi connectivity index (χ0v) is 28.8. The molecule has 0 unspecified atom stereocenters. The highest BCUT2D eigenvalue weighted by Crippen LogP contribution is 2.45. The first-order valence-electron chi connectivity index (χ1n) is 17.6. The molecule has 0 amide bonds. The highest BCUT2D eigenvalue weighted by atomic mass is 32.1. The summed E-state index contributed by atoms with van der Waals surface area (Å²) < 4.78 is 11.1. The quantitative estimate of drug-likeness (QED) is 0.180. The second kappa shape index (κ2) is 11.5. The Hall–Kier alpha value is -6.62. The van der Waals surface area contributed by atoms with Gasteiger partial charge in [0.1, 0.15) is 11.2 Å². The van der Waals surface area contributed by atoms with E-state index in [1.807, 2.05) is 23.5 Å². The van der Waals surface area contributed by atoms with Crippen LogP contribution in [0.5, 0.6) is 0 Å². The molecule has 0 saturated carbocycles. The van der Waals surface area contributed by atoms with E-state index < -0.39 is 0 Å². The van der Waals surface area contributed by atoms with Gasteiger partial charge in [0.15, 0.2) is 0 Å². The molecule has 0 bridgehead atoms. The fraction of sp³-hybridized carbons (Fsp3) is 0. The van der Waals surface area contributed by atoms with Crippen LogP contribution in [0.4, 0.5) is 17.1 Å². The molecular weight excluding hydrogens is 653 g/mol. The molecule has 11 aromatic rings. The third-order valence-corrected chi connectivity index (χ3v) is 11.6. The Morgan fingerprint density at radius 2 is 1.10 bits per heavy atom. The number of hydrogen-bond acceptors (Lipinski definition) is 3. The molecule has 0 aliphatic rings. The van der Waals surface area contributed by atoms with Gasteiger partial charge >= 0.3 is 0 Å². The number of rotatable bonds is 5. The molecule has 0 saturated heterocycles. The lowest BCUT2D eigenvalue weighted by Crippen LogP contribution is -2.09. The predicted octanol–water partition coefficient (Wildman–Crippen LogP) is 14.2. The molecule has 52 heavy (non-hydrogen) atoms. The summed E-state index contributed by atoms with van der Waals surface area (Å²) in [6, 6.07) is 65.5. The van der Waals surface area contributed by atoms with Gasteiger partial charge in [-0.1, -0.05) is 103 Å². The minimum Gasteiger partial charge on any atom is -0.456 e. The first kappa shape index (κ1) is 29.1. The lowest BCUT2D eigenvalue weighted by Gasteiger charge is -2.26. The summed E-state index contributed by atoms with van der Waals surface area (Å²) in [6.45, 7) is 0. The number of thiophene rings is 1. The van der Waals surface area contributed by atoms with Gasteiger partial charge < -0.3 is 13.9 Å². The van der Waals surface area contributed by atoms with Crippen molar-refractivity contribution in [2.24, 2.45) is 0 Å². The molecule has 0 atom stereocenters.